The van der Waals surface area contributed by atoms with Crippen molar-refractivity contribution >= 4 is 23.2 Å². The Morgan fingerprint density at radius 2 is 1.85 bits per heavy atom. The number of aromatic nitrogens is 2. The molecule has 1 aromatic heterocycles. The summed E-state index contributed by atoms with van der Waals surface area (Å²) in [5, 5.41) is 22.6. The van der Waals surface area contributed by atoms with E-state index in [4.69, 9.17) is 14.2 Å². The smallest absolute Gasteiger partial charge is 0.273 e. The third-order valence-electron chi connectivity index (χ3n) is 8.90. The number of nitrogens with zero attached hydrogens (tertiary/aromatic N) is 6. The van der Waals surface area contributed by atoms with Gasteiger partial charge in [-0.15, -0.1) is 0 Å². The quantitative estimate of drug-likeness (QED) is 0.311. The molecule has 6 rings (SSSR count). The third kappa shape index (κ3) is 7.59. The average Bonchev–Trinajstić information content (AvgIpc) is 3.08. The van der Waals surface area contributed by atoms with Gasteiger partial charge in [0.15, 0.2) is 6.10 Å². The first-order chi connectivity index (χ1) is 23.3. The number of piperazine rings is 1. The molecule has 48 heavy (non-hydrogen) atoms. The second kappa shape index (κ2) is 15.1. The third-order valence-corrected chi connectivity index (χ3v) is 8.90. The van der Waals surface area contributed by atoms with Crippen LogP contribution in [0.2, 0.25) is 0 Å². The van der Waals surface area contributed by atoms with Crippen molar-refractivity contribution < 1.29 is 32.9 Å². The number of carbonyl (C=O) groups excluding carboxylic acids is 1. The second-order valence-corrected chi connectivity index (χ2v) is 12.0. The van der Waals surface area contributed by atoms with Crippen molar-refractivity contribution in [2.45, 2.75) is 44.4 Å². The minimum atomic E-state index is -3.13. The zero-order chi connectivity index (χ0) is 33.6. The van der Waals surface area contributed by atoms with Gasteiger partial charge in [0.05, 0.1) is 42.8 Å². The van der Waals surface area contributed by atoms with Crippen molar-refractivity contribution in [1.29, 1.82) is 5.26 Å². The number of amides is 1. The maximum Gasteiger partial charge on any atom is 0.273 e. The van der Waals surface area contributed by atoms with Crippen LogP contribution in [0, 0.1) is 11.3 Å². The first kappa shape index (κ1) is 33.3. The van der Waals surface area contributed by atoms with Gasteiger partial charge in [0.1, 0.15) is 23.7 Å². The number of ether oxygens (including phenoxy) is 3. The molecule has 0 saturated carbocycles. The summed E-state index contributed by atoms with van der Waals surface area (Å²) in [6, 6.07) is 15.7. The molecule has 0 unspecified atom stereocenters. The number of hydrogen-bond acceptors (Lipinski definition) is 11. The van der Waals surface area contributed by atoms with E-state index in [-0.39, 0.29) is 19.2 Å². The van der Waals surface area contributed by atoms with Crippen molar-refractivity contribution in [3.63, 3.8) is 0 Å². The summed E-state index contributed by atoms with van der Waals surface area (Å²) >= 11 is 0. The van der Waals surface area contributed by atoms with E-state index in [1.54, 1.807) is 30.5 Å². The zero-order valence-electron chi connectivity index (χ0n) is 26.7. The van der Waals surface area contributed by atoms with Gasteiger partial charge in [-0.25, -0.2) is 18.7 Å². The maximum absolute atomic E-state index is 12.7. The maximum atomic E-state index is 12.7. The van der Waals surface area contributed by atoms with Gasteiger partial charge in [0.25, 0.3) is 12.3 Å². The van der Waals surface area contributed by atoms with Crippen LogP contribution in [0.15, 0.2) is 48.7 Å². The van der Waals surface area contributed by atoms with Gasteiger partial charge in [-0.1, -0.05) is 0 Å². The van der Waals surface area contributed by atoms with Crippen LogP contribution in [0.3, 0.4) is 0 Å². The zero-order valence-corrected chi connectivity index (χ0v) is 26.7. The lowest BCUT2D eigenvalue weighted by Gasteiger charge is -2.43. The topological polar surface area (TPSA) is 136 Å². The Morgan fingerprint density at radius 3 is 2.52 bits per heavy atom. The lowest BCUT2D eigenvalue weighted by molar-refractivity contribution is -0.150. The summed E-state index contributed by atoms with van der Waals surface area (Å²) in [5.41, 5.74) is 3.45. The predicted octanol–water partition coefficient (Wildman–Crippen LogP) is 3.67. The van der Waals surface area contributed by atoms with Gasteiger partial charge in [-0.05, 0) is 43.3 Å². The molecule has 12 nitrogen and oxygen atoms in total. The molecule has 0 spiro atoms. The highest BCUT2D eigenvalue weighted by molar-refractivity contribution is 5.81. The van der Waals surface area contributed by atoms with Gasteiger partial charge in [-0.2, -0.15) is 5.26 Å². The van der Waals surface area contributed by atoms with E-state index < -0.39 is 18.4 Å². The summed E-state index contributed by atoms with van der Waals surface area (Å²) in [7, 11) is 0. The number of piperidine rings is 1. The highest BCUT2D eigenvalue weighted by Gasteiger charge is 2.33. The summed E-state index contributed by atoms with van der Waals surface area (Å²) in [6.07, 6.45) is -3.36. The number of aliphatic hydroxyl groups is 1. The number of likely N-dealkylation sites (tertiary alicyclic amines) is 1. The van der Waals surface area contributed by atoms with E-state index >= 15 is 0 Å². The Balaban J connectivity index is 1.09. The van der Waals surface area contributed by atoms with Crippen LogP contribution >= 0.6 is 0 Å². The molecule has 1 atom stereocenters. The van der Waals surface area contributed by atoms with Gasteiger partial charge < -0.3 is 34.4 Å². The molecule has 254 valence electrons. The number of nitrogens with one attached hydrogen (secondary N) is 1. The van der Waals surface area contributed by atoms with Crippen LogP contribution in [0.1, 0.15) is 25.3 Å². The summed E-state index contributed by atoms with van der Waals surface area (Å²) in [5.74, 6) is 0.570. The van der Waals surface area contributed by atoms with Crippen LogP contribution in [-0.2, 0) is 9.53 Å². The fraction of sp³-hybridized carbons (Fsp3) is 0.471. The van der Waals surface area contributed by atoms with Gasteiger partial charge in [-0.3, -0.25) is 9.69 Å². The largest absolute Gasteiger partial charge is 0.492 e. The van der Waals surface area contributed by atoms with E-state index in [9.17, 15) is 23.9 Å². The number of nitriles is 1. The van der Waals surface area contributed by atoms with E-state index in [0.29, 0.717) is 54.0 Å². The minimum absolute atomic E-state index is 0.173. The molecule has 0 aliphatic carbocycles. The number of alkyl halides is 2. The van der Waals surface area contributed by atoms with E-state index in [1.165, 1.54) is 4.90 Å². The molecule has 3 aliphatic heterocycles. The molecule has 1 amide bonds. The lowest BCUT2D eigenvalue weighted by Crippen LogP contribution is -2.56. The molecule has 3 aliphatic rings. The molecule has 3 aromatic rings. The fourth-order valence-corrected chi connectivity index (χ4v) is 6.14. The molecule has 0 bridgehead atoms. The molecule has 14 heteroatoms. The van der Waals surface area contributed by atoms with Crippen molar-refractivity contribution in [2.24, 2.45) is 0 Å². The Morgan fingerprint density at radius 1 is 1.08 bits per heavy atom. The number of benzene rings is 2. The summed E-state index contributed by atoms with van der Waals surface area (Å²) < 4.78 is 42.9. The van der Waals surface area contributed by atoms with Crippen LogP contribution < -0.4 is 19.7 Å². The molecule has 0 radical (unpaired) electrons. The molecule has 2 aromatic carbocycles. The standard InChI is InChI=1S/C34H39F2N7O5/c1-2-47-30-18-24(4-5-28(30)42-15-13-41(14-16-42)25-20-46-21-25)39-34-38-10-7-27(40-34)22-3-6-29(23(17-22)19-37)48-26-8-11-43(12-9-26)33(45)31(44)32(35)36/h3-7,10,17-18,25-26,31-32,44H,2,8-9,11-16,20-21H2,1H3,(H,38,39,40)/t31-/m1/s1. The van der Waals surface area contributed by atoms with E-state index in [1.807, 2.05) is 19.1 Å². The monoisotopic (exact) mass is 663 g/mol. The number of aliphatic hydroxyl groups excluding tert-OH is 1. The Labute approximate surface area is 277 Å². The average molecular weight is 664 g/mol. The van der Waals surface area contributed by atoms with Crippen molar-refractivity contribution in [2.75, 3.05) is 69.3 Å². The fourth-order valence-electron chi connectivity index (χ4n) is 6.14. The molecule has 2 N–H and O–H groups in total. The Hall–Kier alpha value is -4.58. The van der Waals surface area contributed by atoms with E-state index in [2.05, 4.69) is 37.2 Å². The van der Waals surface area contributed by atoms with Crippen LogP contribution in [0.25, 0.3) is 11.3 Å². The number of carbonyl (C=O) groups is 1. The second-order valence-electron chi connectivity index (χ2n) is 12.0. The first-order valence-electron chi connectivity index (χ1n) is 16.2. The predicted molar refractivity (Wildman–Crippen MR) is 174 cm³/mol. The Bertz CT molecular complexity index is 1620. The highest BCUT2D eigenvalue weighted by Crippen LogP contribution is 2.34. The van der Waals surface area contributed by atoms with Gasteiger partial charge >= 0.3 is 0 Å². The Kier molecular flexibility index (Phi) is 10.5. The SMILES string of the molecule is CCOc1cc(Nc2nccc(-c3ccc(OC4CCN(C(=O)[C@H](O)C(F)F)CC4)c(C#N)c3)n2)ccc1N1CCN(C2COC2)CC1. The lowest BCUT2D eigenvalue weighted by atomic mass is 10.1. The molecular weight excluding hydrogens is 624 g/mol. The van der Waals surface area contributed by atoms with Crippen LogP contribution in [-0.4, -0.2) is 115 Å². The van der Waals surface area contributed by atoms with Crippen molar-refractivity contribution in [1.82, 2.24) is 19.8 Å². The van der Waals surface area contributed by atoms with E-state index in [0.717, 1.165) is 56.5 Å². The minimum Gasteiger partial charge on any atom is -0.492 e. The number of anilines is 3. The first-order valence-corrected chi connectivity index (χ1v) is 16.2. The van der Waals surface area contributed by atoms with Crippen molar-refractivity contribution in [3.8, 4) is 28.8 Å². The molecule has 4 heterocycles. The van der Waals surface area contributed by atoms with Gasteiger partial charge in [0.2, 0.25) is 5.95 Å². The summed E-state index contributed by atoms with van der Waals surface area (Å²) in [6.45, 7) is 8.29. The molecular formula is C34H39F2N7O5. The molecule has 3 saturated heterocycles. The number of hydrogen-bond donors (Lipinski definition) is 2. The van der Waals surface area contributed by atoms with Crippen LogP contribution in [0.5, 0.6) is 11.5 Å². The molecule has 3 fully saturated rings. The van der Waals surface area contributed by atoms with Crippen LogP contribution in [0.4, 0.5) is 26.1 Å². The number of halogens is 2. The van der Waals surface area contributed by atoms with Crippen molar-refractivity contribution in [3.05, 3.63) is 54.2 Å². The highest BCUT2D eigenvalue weighted by atomic mass is 19.3. The summed E-state index contributed by atoms with van der Waals surface area (Å²) in [4.78, 5) is 27.2. The normalized spacial score (nSPS) is 18.2. The van der Waals surface area contributed by atoms with Gasteiger partial charge in [0, 0.05) is 75.6 Å². The number of rotatable bonds is 11.